The molecular formula is C20H24N4O2. The minimum atomic E-state index is -0.114. The number of carbonyl (C=O) groups is 2. The summed E-state index contributed by atoms with van der Waals surface area (Å²) in [4.78, 5) is 28.0. The van der Waals surface area contributed by atoms with Gasteiger partial charge in [-0.05, 0) is 29.8 Å². The lowest BCUT2D eigenvalue weighted by atomic mass is 10.1. The van der Waals surface area contributed by atoms with Crippen LogP contribution in [0.5, 0.6) is 0 Å². The van der Waals surface area contributed by atoms with E-state index in [0.29, 0.717) is 25.2 Å². The molecular weight excluding hydrogens is 328 g/mol. The SMILES string of the molecule is CNC(=O)c1ccc(CNC(=O)N2CCN(c3ccccc3)CC2)cc1. The van der Waals surface area contributed by atoms with Crippen molar-refractivity contribution >= 4 is 17.6 Å². The lowest BCUT2D eigenvalue weighted by molar-refractivity contribution is 0.0963. The number of hydrogen-bond acceptors (Lipinski definition) is 3. The fraction of sp³-hybridized carbons (Fsp3) is 0.300. The summed E-state index contributed by atoms with van der Waals surface area (Å²) < 4.78 is 0. The van der Waals surface area contributed by atoms with Gasteiger partial charge in [0.2, 0.25) is 0 Å². The van der Waals surface area contributed by atoms with E-state index in [2.05, 4.69) is 27.7 Å². The van der Waals surface area contributed by atoms with Crippen molar-refractivity contribution in [3.63, 3.8) is 0 Å². The van der Waals surface area contributed by atoms with Gasteiger partial charge in [-0.15, -0.1) is 0 Å². The Kier molecular flexibility index (Phi) is 5.73. The number of rotatable bonds is 4. The lowest BCUT2D eigenvalue weighted by Gasteiger charge is -2.36. The number of anilines is 1. The van der Waals surface area contributed by atoms with Gasteiger partial charge >= 0.3 is 6.03 Å². The largest absolute Gasteiger partial charge is 0.368 e. The standard InChI is InChI=1S/C20H24N4O2/c1-21-19(25)17-9-7-16(8-10-17)15-22-20(26)24-13-11-23(12-14-24)18-5-3-2-4-6-18/h2-10H,11-15H2,1H3,(H,21,25)(H,22,26). The number of hydrogen-bond donors (Lipinski definition) is 2. The smallest absolute Gasteiger partial charge is 0.317 e. The van der Waals surface area contributed by atoms with E-state index in [1.807, 2.05) is 35.2 Å². The third-order valence-corrected chi connectivity index (χ3v) is 4.58. The van der Waals surface area contributed by atoms with Crippen LogP contribution in [0.4, 0.5) is 10.5 Å². The number of para-hydroxylation sites is 1. The first-order chi connectivity index (χ1) is 12.7. The molecule has 1 heterocycles. The van der Waals surface area contributed by atoms with Crippen molar-refractivity contribution in [2.24, 2.45) is 0 Å². The third kappa shape index (κ3) is 4.33. The Balaban J connectivity index is 1.46. The molecule has 2 N–H and O–H groups in total. The second-order valence-electron chi connectivity index (χ2n) is 6.24. The molecule has 0 bridgehead atoms. The first-order valence-corrected chi connectivity index (χ1v) is 8.81. The van der Waals surface area contributed by atoms with Crippen LogP contribution in [0.25, 0.3) is 0 Å². The molecule has 136 valence electrons. The topological polar surface area (TPSA) is 64.7 Å². The number of benzene rings is 2. The van der Waals surface area contributed by atoms with E-state index in [9.17, 15) is 9.59 Å². The van der Waals surface area contributed by atoms with Gasteiger partial charge in [0.05, 0.1) is 0 Å². The van der Waals surface area contributed by atoms with E-state index in [-0.39, 0.29) is 11.9 Å². The van der Waals surface area contributed by atoms with Crippen LogP contribution in [-0.2, 0) is 6.54 Å². The van der Waals surface area contributed by atoms with Gasteiger partial charge in [0.25, 0.3) is 5.91 Å². The highest BCUT2D eigenvalue weighted by Crippen LogP contribution is 2.15. The predicted octanol–water partition coefficient (Wildman–Crippen LogP) is 2.08. The molecule has 0 saturated carbocycles. The van der Waals surface area contributed by atoms with Crippen molar-refractivity contribution in [3.05, 3.63) is 65.7 Å². The van der Waals surface area contributed by atoms with Gasteiger partial charge in [-0.3, -0.25) is 4.79 Å². The summed E-state index contributed by atoms with van der Waals surface area (Å²) in [6.07, 6.45) is 0. The molecule has 0 unspecified atom stereocenters. The maximum absolute atomic E-state index is 12.4. The van der Waals surface area contributed by atoms with Crippen LogP contribution in [0.1, 0.15) is 15.9 Å². The highest BCUT2D eigenvalue weighted by molar-refractivity contribution is 5.93. The summed E-state index contributed by atoms with van der Waals surface area (Å²) in [5, 5.41) is 5.54. The number of carbonyl (C=O) groups excluding carboxylic acids is 2. The molecule has 0 atom stereocenters. The average Bonchev–Trinajstić information content (AvgIpc) is 2.72. The van der Waals surface area contributed by atoms with Crippen molar-refractivity contribution in [3.8, 4) is 0 Å². The van der Waals surface area contributed by atoms with Gasteiger partial charge in [-0.2, -0.15) is 0 Å². The average molecular weight is 352 g/mol. The monoisotopic (exact) mass is 352 g/mol. The number of nitrogens with zero attached hydrogens (tertiary/aromatic N) is 2. The van der Waals surface area contributed by atoms with Gasteiger partial charge in [-0.25, -0.2) is 4.79 Å². The summed E-state index contributed by atoms with van der Waals surface area (Å²) in [6.45, 7) is 3.52. The first-order valence-electron chi connectivity index (χ1n) is 8.81. The van der Waals surface area contributed by atoms with Crippen LogP contribution in [0.3, 0.4) is 0 Å². The van der Waals surface area contributed by atoms with Crippen LogP contribution >= 0.6 is 0 Å². The molecule has 0 aliphatic carbocycles. The number of nitrogens with one attached hydrogen (secondary N) is 2. The van der Waals surface area contributed by atoms with Gasteiger partial charge in [-0.1, -0.05) is 30.3 Å². The summed E-state index contributed by atoms with van der Waals surface area (Å²) in [5.41, 5.74) is 2.78. The Morgan fingerprint density at radius 2 is 1.58 bits per heavy atom. The van der Waals surface area contributed by atoms with Crippen molar-refractivity contribution in [2.75, 3.05) is 38.1 Å². The molecule has 26 heavy (non-hydrogen) atoms. The Labute approximate surface area is 153 Å². The molecule has 0 radical (unpaired) electrons. The fourth-order valence-electron chi connectivity index (χ4n) is 3.01. The molecule has 0 aromatic heterocycles. The zero-order chi connectivity index (χ0) is 18.4. The van der Waals surface area contributed by atoms with E-state index in [1.165, 1.54) is 5.69 Å². The Morgan fingerprint density at radius 3 is 2.19 bits per heavy atom. The Hall–Kier alpha value is -3.02. The lowest BCUT2D eigenvalue weighted by Crippen LogP contribution is -2.51. The maximum Gasteiger partial charge on any atom is 0.317 e. The van der Waals surface area contributed by atoms with E-state index >= 15 is 0 Å². The highest BCUT2D eigenvalue weighted by Gasteiger charge is 2.20. The van der Waals surface area contributed by atoms with Gasteiger partial charge in [0, 0.05) is 51.0 Å². The molecule has 1 aliphatic heterocycles. The van der Waals surface area contributed by atoms with Crippen molar-refractivity contribution in [2.45, 2.75) is 6.54 Å². The van der Waals surface area contributed by atoms with E-state index in [0.717, 1.165) is 18.7 Å². The van der Waals surface area contributed by atoms with Crippen LogP contribution in [-0.4, -0.2) is 50.1 Å². The van der Waals surface area contributed by atoms with E-state index < -0.39 is 0 Å². The predicted molar refractivity (Wildman–Crippen MR) is 102 cm³/mol. The maximum atomic E-state index is 12.4. The number of amides is 3. The molecule has 1 fully saturated rings. The molecule has 2 aromatic carbocycles. The van der Waals surface area contributed by atoms with Crippen molar-refractivity contribution in [1.29, 1.82) is 0 Å². The van der Waals surface area contributed by atoms with E-state index in [1.54, 1.807) is 19.2 Å². The van der Waals surface area contributed by atoms with Crippen LogP contribution in [0.15, 0.2) is 54.6 Å². The molecule has 1 aliphatic rings. The van der Waals surface area contributed by atoms with Crippen molar-refractivity contribution < 1.29 is 9.59 Å². The van der Waals surface area contributed by atoms with Gasteiger partial charge in [0.1, 0.15) is 0 Å². The zero-order valence-corrected chi connectivity index (χ0v) is 14.9. The molecule has 0 spiro atoms. The van der Waals surface area contributed by atoms with Crippen LogP contribution in [0.2, 0.25) is 0 Å². The molecule has 3 amide bonds. The third-order valence-electron chi connectivity index (χ3n) is 4.58. The quantitative estimate of drug-likeness (QED) is 0.885. The Morgan fingerprint density at radius 1 is 0.923 bits per heavy atom. The zero-order valence-electron chi connectivity index (χ0n) is 14.9. The second kappa shape index (κ2) is 8.38. The molecule has 1 saturated heterocycles. The molecule has 6 nitrogen and oxygen atoms in total. The second-order valence-corrected chi connectivity index (χ2v) is 6.24. The summed E-state index contributed by atoms with van der Waals surface area (Å²) in [6, 6.07) is 17.5. The summed E-state index contributed by atoms with van der Waals surface area (Å²) >= 11 is 0. The van der Waals surface area contributed by atoms with Crippen LogP contribution in [0, 0.1) is 0 Å². The minimum absolute atomic E-state index is 0.0481. The van der Waals surface area contributed by atoms with E-state index in [4.69, 9.17) is 0 Å². The normalized spacial score (nSPS) is 14.0. The molecule has 3 rings (SSSR count). The number of piperazine rings is 1. The number of urea groups is 1. The molecule has 6 heteroatoms. The van der Waals surface area contributed by atoms with Gasteiger partial charge in [0.15, 0.2) is 0 Å². The van der Waals surface area contributed by atoms with Gasteiger partial charge < -0.3 is 20.4 Å². The minimum Gasteiger partial charge on any atom is -0.368 e. The summed E-state index contributed by atoms with van der Waals surface area (Å²) in [5.74, 6) is -0.114. The first kappa shape index (κ1) is 17.8. The molecule has 2 aromatic rings. The van der Waals surface area contributed by atoms with Crippen LogP contribution < -0.4 is 15.5 Å². The fourth-order valence-corrected chi connectivity index (χ4v) is 3.01. The summed E-state index contributed by atoms with van der Waals surface area (Å²) in [7, 11) is 1.61. The Bertz CT molecular complexity index is 738. The van der Waals surface area contributed by atoms with Crippen molar-refractivity contribution in [1.82, 2.24) is 15.5 Å². The highest BCUT2D eigenvalue weighted by atomic mass is 16.2.